The molecule has 2 N–H and O–H groups in total. The SMILES string of the molecule is C=CC(=O)N1CCC[C@@H](COCC(=O)N2CCN(c3nc(-c4cnc(N)nc4C(F)F)nc(N4CCOC[C@@H]4C)n3)CC2)C1. The topological polar surface area (TPSA) is 156 Å². The molecule has 2 aromatic rings. The Bertz CT molecular complexity index is 1340. The van der Waals surface area contributed by atoms with Gasteiger partial charge in [0, 0.05) is 52.0 Å². The van der Waals surface area contributed by atoms with E-state index in [2.05, 4.69) is 26.5 Å². The number of nitrogen functional groups attached to an aromatic ring is 1. The summed E-state index contributed by atoms with van der Waals surface area (Å²) < 4.78 is 39.2. The van der Waals surface area contributed by atoms with Gasteiger partial charge in [0.1, 0.15) is 12.3 Å². The molecule has 2 atom stereocenters. The van der Waals surface area contributed by atoms with Gasteiger partial charge in [-0.15, -0.1) is 0 Å². The standard InChI is InChI=1S/C28H38F2N10O4/c1-3-21(41)39-6-4-5-19(14-39)16-44-17-22(42)37-7-9-38(10-8-37)27-34-25(20-13-32-26(31)33-23(20)24(29)30)35-28(36-27)40-11-12-43-15-18(40)2/h3,13,18-19,24H,1,4-12,14-17H2,2H3,(H2,31,32,33)/t18-,19+/m0/s1. The van der Waals surface area contributed by atoms with Crippen molar-refractivity contribution in [2.24, 2.45) is 5.92 Å². The van der Waals surface area contributed by atoms with Crippen molar-refractivity contribution in [2.75, 3.05) is 87.8 Å². The summed E-state index contributed by atoms with van der Waals surface area (Å²) in [6.45, 7) is 10.3. The number of carbonyl (C=O) groups excluding carboxylic acids is 2. The van der Waals surface area contributed by atoms with E-state index in [1.54, 1.807) is 9.80 Å². The molecule has 0 saturated carbocycles. The number of halogens is 2. The predicted octanol–water partition coefficient (Wildman–Crippen LogP) is 1.16. The van der Waals surface area contributed by atoms with Crippen LogP contribution in [0.5, 0.6) is 0 Å². The van der Waals surface area contributed by atoms with Gasteiger partial charge in [0.2, 0.25) is 29.7 Å². The monoisotopic (exact) mass is 616 g/mol. The average Bonchev–Trinajstić information content (AvgIpc) is 3.04. The maximum atomic E-state index is 13.9. The molecule has 0 unspecified atom stereocenters. The Morgan fingerprint density at radius 2 is 1.89 bits per heavy atom. The van der Waals surface area contributed by atoms with E-state index in [1.807, 2.05) is 16.7 Å². The first-order valence-electron chi connectivity index (χ1n) is 14.8. The van der Waals surface area contributed by atoms with Crippen molar-refractivity contribution in [1.29, 1.82) is 0 Å². The molecule has 2 aromatic heterocycles. The summed E-state index contributed by atoms with van der Waals surface area (Å²) in [5.41, 5.74) is 5.00. The third-order valence-corrected chi connectivity index (χ3v) is 8.02. The van der Waals surface area contributed by atoms with Gasteiger partial charge >= 0.3 is 0 Å². The van der Waals surface area contributed by atoms with E-state index in [0.29, 0.717) is 77.5 Å². The van der Waals surface area contributed by atoms with Crippen LogP contribution in [0.15, 0.2) is 18.9 Å². The Morgan fingerprint density at radius 1 is 1.11 bits per heavy atom. The van der Waals surface area contributed by atoms with Crippen molar-refractivity contribution in [3.8, 4) is 11.4 Å². The molecule has 0 aliphatic carbocycles. The number of likely N-dealkylation sites (tertiary alicyclic amines) is 1. The number of alkyl halides is 2. The highest BCUT2D eigenvalue weighted by Gasteiger charge is 2.29. The molecule has 16 heteroatoms. The second kappa shape index (κ2) is 14.2. The quantitative estimate of drug-likeness (QED) is 0.402. The normalized spacial score (nSPS) is 21.1. The molecule has 0 spiro atoms. The molecule has 5 rings (SSSR count). The lowest BCUT2D eigenvalue weighted by Crippen LogP contribution is -2.50. The summed E-state index contributed by atoms with van der Waals surface area (Å²) in [5.74, 6) is 0.350. The molecule has 3 aliphatic heterocycles. The van der Waals surface area contributed by atoms with Gasteiger partial charge in [-0.1, -0.05) is 6.58 Å². The average molecular weight is 617 g/mol. The van der Waals surface area contributed by atoms with Gasteiger partial charge in [0.15, 0.2) is 5.82 Å². The number of aromatic nitrogens is 5. The van der Waals surface area contributed by atoms with Crippen molar-refractivity contribution < 1.29 is 27.8 Å². The molecule has 238 valence electrons. The van der Waals surface area contributed by atoms with E-state index in [4.69, 9.17) is 20.2 Å². The second-order valence-electron chi connectivity index (χ2n) is 11.1. The van der Waals surface area contributed by atoms with Crippen LogP contribution < -0.4 is 15.5 Å². The Morgan fingerprint density at radius 3 is 2.61 bits per heavy atom. The number of hydrogen-bond acceptors (Lipinski definition) is 12. The number of piperazine rings is 1. The fourth-order valence-electron chi connectivity index (χ4n) is 5.61. The highest BCUT2D eigenvalue weighted by molar-refractivity contribution is 5.87. The predicted molar refractivity (Wildman–Crippen MR) is 157 cm³/mol. The lowest BCUT2D eigenvalue weighted by Gasteiger charge is -2.36. The van der Waals surface area contributed by atoms with Gasteiger partial charge in [-0.05, 0) is 31.8 Å². The minimum Gasteiger partial charge on any atom is -0.377 e. The van der Waals surface area contributed by atoms with Crippen LogP contribution in [0.3, 0.4) is 0 Å². The van der Waals surface area contributed by atoms with Gasteiger partial charge in [-0.3, -0.25) is 9.59 Å². The zero-order valence-electron chi connectivity index (χ0n) is 24.8. The van der Waals surface area contributed by atoms with E-state index in [9.17, 15) is 18.4 Å². The highest BCUT2D eigenvalue weighted by Crippen LogP contribution is 2.30. The Kier molecular flexibility index (Phi) is 10.1. The Labute approximate surface area is 254 Å². The van der Waals surface area contributed by atoms with E-state index < -0.39 is 12.1 Å². The van der Waals surface area contributed by atoms with Crippen LogP contribution in [0.25, 0.3) is 11.4 Å². The molecule has 44 heavy (non-hydrogen) atoms. The van der Waals surface area contributed by atoms with Crippen LogP contribution in [0.4, 0.5) is 26.6 Å². The second-order valence-corrected chi connectivity index (χ2v) is 11.1. The summed E-state index contributed by atoms with van der Waals surface area (Å²) in [6.07, 6.45) is 1.44. The third kappa shape index (κ3) is 7.35. The summed E-state index contributed by atoms with van der Waals surface area (Å²) in [4.78, 5) is 53.6. The molecule has 0 aromatic carbocycles. The fourth-order valence-corrected chi connectivity index (χ4v) is 5.61. The maximum absolute atomic E-state index is 13.9. The van der Waals surface area contributed by atoms with Crippen LogP contribution in [0.2, 0.25) is 0 Å². The smallest absolute Gasteiger partial charge is 0.281 e. The van der Waals surface area contributed by atoms with Crippen LogP contribution in [-0.4, -0.2) is 125 Å². The molecular weight excluding hydrogens is 578 g/mol. The van der Waals surface area contributed by atoms with Crippen molar-refractivity contribution in [2.45, 2.75) is 32.2 Å². The Hall–Kier alpha value is -4.05. The van der Waals surface area contributed by atoms with Crippen LogP contribution in [0, 0.1) is 5.92 Å². The first kappa shape index (κ1) is 31.4. The van der Waals surface area contributed by atoms with E-state index in [0.717, 1.165) is 12.8 Å². The number of rotatable bonds is 9. The number of anilines is 3. The molecule has 0 bridgehead atoms. The molecule has 3 saturated heterocycles. The summed E-state index contributed by atoms with van der Waals surface area (Å²) in [6, 6.07) is -0.0438. The lowest BCUT2D eigenvalue weighted by atomic mass is 9.99. The maximum Gasteiger partial charge on any atom is 0.281 e. The zero-order valence-corrected chi connectivity index (χ0v) is 24.8. The van der Waals surface area contributed by atoms with Gasteiger partial charge in [0.25, 0.3) is 6.43 Å². The molecule has 3 aliphatic rings. The Balaban J connectivity index is 1.25. The van der Waals surface area contributed by atoms with Crippen molar-refractivity contribution in [3.63, 3.8) is 0 Å². The highest BCUT2D eigenvalue weighted by atomic mass is 19.3. The number of amides is 2. The lowest BCUT2D eigenvalue weighted by molar-refractivity contribution is -0.138. The molecule has 2 amide bonds. The van der Waals surface area contributed by atoms with E-state index in [1.165, 1.54) is 12.3 Å². The van der Waals surface area contributed by atoms with Gasteiger partial charge in [-0.2, -0.15) is 15.0 Å². The van der Waals surface area contributed by atoms with E-state index in [-0.39, 0.29) is 47.7 Å². The van der Waals surface area contributed by atoms with Crippen LogP contribution in [0.1, 0.15) is 31.9 Å². The van der Waals surface area contributed by atoms with Crippen LogP contribution in [-0.2, 0) is 19.1 Å². The number of morpholine rings is 1. The first-order chi connectivity index (χ1) is 21.2. The minimum atomic E-state index is -2.91. The molecular formula is C28H38F2N10O4. The summed E-state index contributed by atoms with van der Waals surface area (Å²) in [7, 11) is 0. The number of piperidine rings is 1. The summed E-state index contributed by atoms with van der Waals surface area (Å²) >= 11 is 0. The third-order valence-electron chi connectivity index (χ3n) is 8.02. The molecule has 3 fully saturated rings. The summed E-state index contributed by atoms with van der Waals surface area (Å²) in [5, 5.41) is 0. The van der Waals surface area contributed by atoms with Crippen molar-refractivity contribution >= 4 is 29.7 Å². The molecule has 5 heterocycles. The van der Waals surface area contributed by atoms with Gasteiger partial charge in [-0.25, -0.2) is 18.7 Å². The number of nitrogens with zero attached hydrogens (tertiary/aromatic N) is 9. The minimum absolute atomic E-state index is 0.0157. The van der Waals surface area contributed by atoms with Gasteiger partial charge in [0.05, 0.1) is 31.4 Å². The fraction of sp³-hybridized carbons (Fsp3) is 0.607. The van der Waals surface area contributed by atoms with Crippen molar-refractivity contribution in [1.82, 2.24) is 34.7 Å². The van der Waals surface area contributed by atoms with E-state index >= 15 is 0 Å². The molecule has 0 radical (unpaired) electrons. The van der Waals surface area contributed by atoms with Crippen LogP contribution >= 0.6 is 0 Å². The first-order valence-corrected chi connectivity index (χ1v) is 14.8. The zero-order chi connectivity index (χ0) is 31.2. The largest absolute Gasteiger partial charge is 0.377 e. The molecule has 14 nitrogen and oxygen atoms in total. The number of carbonyl (C=O) groups is 2. The number of nitrogens with two attached hydrogens (primary N) is 1. The number of hydrogen-bond donors (Lipinski definition) is 1. The number of ether oxygens (including phenoxy) is 2. The van der Waals surface area contributed by atoms with Gasteiger partial charge < -0.3 is 34.8 Å². The van der Waals surface area contributed by atoms with Crippen molar-refractivity contribution in [3.05, 3.63) is 24.5 Å².